The molecule has 7 heteroatoms. The van der Waals surface area contributed by atoms with E-state index in [9.17, 15) is 0 Å². The molecule has 2 aromatic carbocycles. The summed E-state index contributed by atoms with van der Waals surface area (Å²) in [6.07, 6.45) is 0.862. The largest absolute Gasteiger partial charge is 0.494 e. The Kier molecular flexibility index (Phi) is 12.9. The lowest BCUT2D eigenvalue weighted by atomic mass is 10.1. The maximum atomic E-state index is 5.96. The Morgan fingerprint density at radius 2 is 1.80 bits per heavy atom. The lowest BCUT2D eigenvalue weighted by Gasteiger charge is -2.16. The third-order valence-electron chi connectivity index (χ3n) is 4.31. The van der Waals surface area contributed by atoms with Crippen molar-refractivity contribution in [2.45, 2.75) is 33.4 Å². The summed E-state index contributed by atoms with van der Waals surface area (Å²) in [5.74, 6) is 2.51. The number of rotatable bonds is 11. The van der Waals surface area contributed by atoms with E-state index in [0.29, 0.717) is 32.9 Å². The monoisotopic (exact) mass is 527 g/mol. The SMILES string of the molecule is CCOc1cccc(CNC(=NC)NCc2ccc(C)cc2OCCCOC)c1.I. The Hall–Kier alpha value is -2.00. The number of hydrogen-bond acceptors (Lipinski definition) is 4. The van der Waals surface area contributed by atoms with Gasteiger partial charge in [0.15, 0.2) is 5.96 Å². The van der Waals surface area contributed by atoms with Gasteiger partial charge in [0, 0.05) is 45.8 Å². The van der Waals surface area contributed by atoms with Gasteiger partial charge in [-0.05, 0) is 43.2 Å². The molecule has 0 radical (unpaired) electrons. The normalized spacial score (nSPS) is 10.9. The van der Waals surface area contributed by atoms with Gasteiger partial charge >= 0.3 is 0 Å². The lowest BCUT2D eigenvalue weighted by molar-refractivity contribution is 0.171. The zero-order chi connectivity index (χ0) is 20.9. The van der Waals surface area contributed by atoms with Crippen LogP contribution in [0.4, 0.5) is 0 Å². The molecule has 30 heavy (non-hydrogen) atoms. The molecule has 2 rings (SSSR count). The van der Waals surface area contributed by atoms with E-state index in [-0.39, 0.29) is 24.0 Å². The van der Waals surface area contributed by atoms with E-state index in [0.717, 1.165) is 35.0 Å². The summed E-state index contributed by atoms with van der Waals surface area (Å²) in [5, 5.41) is 6.70. The summed E-state index contributed by atoms with van der Waals surface area (Å²) in [5.41, 5.74) is 3.40. The number of ether oxygens (including phenoxy) is 3. The molecule has 2 aromatic rings. The predicted molar refractivity (Wildman–Crippen MR) is 133 cm³/mol. The lowest BCUT2D eigenvalue weighted by Crippen LogP contribution is -2.36. The van der Waals surface area contributed by atoms with Crippen molar-refractivity contribution in [3.63, 3.8) is 0 Å². The van der Waals surface area contributed by atoms with Gasteiger partial charge in [-0.2, -0.15) is 0 Å². The molecule has 0 unspecified atom stereocenters. The molecule has 0 fully saturated rings. The quantitative estimate of drug-likeness (QED) is 0.198. The van der Waals surface area contributed by atoms with Gasteiger partial charge in [0.25, 0.3) is 0 Å². The summed E-state index contributed by atoms with van der Waals surface area (Å²) >= 11 is 0. The molecule has 0 aromatic heterocycles. The second-order valence-corrected chi connectivity index (χ2v) is 6.67. The van der Waals surface area contributed by atoms with Crippen LogP contribution in [0.1, 0.15) is 30.0 Å². The maximum Gasteiger partial charge on any atom is 0.191 e. The van der Waals surface area contributed by atoms with Crippen molar-refractivity contribution < 1.29 is 14.2 Å². The fraction of sp³-hybridized carbons (Fsp3) is 0.435. The molecule has 0 atom stereocenters. The van der Waals surface area contributed by atoms with Crippen molar-refractivity contribution in [3.8, 4) is 11.5 Å². The molecular formula is C23H34IN3O3. The molecule has 0 aliphatic carbocycles. The fourth-order valence-corrected chi connectivity index (χ4v) is 2.82. The molecule has 0 amide bonds. The highest BCUT2D eigenvalue weighted by Crippen LogP contribution is 2.20. The van der Waals surface area contributed by atoms with E-state index in [1.807, 2.05) is 25.1 Å². The van der Waals surface area contributed by atoms with Crippen molar-refractivity contribution in [1.29, 1.82) is 0 Å². The number of benzene rings is 2. The highest BCUT2D eigenvalue weighted by molar-refractivity contribution is 14.0. The van der Waals surface area contributed by atoms with Crippen molar-refractivity contribution in [1.82, 2.24) is 10.6 Å². The summed E-state index contributed by atoms with van der Waals surface area (Å²) < 4.78 is 16.6. The fourth-order valence-electron chi connectivity index (χ4n) is 2.82. The number of halogens is 1. The molecule has 0 heterocycles. The second-order valence-electron chi connectivity index (χ2n) is 6.67. The minimum absolute atomic E-state index is 0. The van der Waals surface area contributed by atoms with Gasteiger partial charge in [-0.15, -0.1) is 24.0 Å². The summed E-state index contributed by atoms with van der Waals surface area (Å²) in [6.45, 7) is 7.32. The number of nitrogens with zero attached hydrogens (tertiary/aromatic N) is 1. The van der Waals surface area contributed by atoms with Crippen LogP contribution >= 0.6 is 24.0 Å². The Morgan fingerprint density at radius 3 is 2.53 bits per heavy atom. The molecule has 0 saturated heterocycles. The van der Waals surface area contributed by atoms with Crippen LogP contribution in [0.5, 0.6) is 11.5 Å². The minimum Gasteiger partial charge on any atom is -0.494 e. The van der Waals surface area contributed by atoms with Crippen LogP contribution in [-0.4, -0.2) is 39.9 Å². The summed E-state index contributed by atoms with van der Waals surface area (Å²) in [6, 6.07) is 14.3. The summed E-state index contributed by atoms with van der Waals surface area (Å²) in [4.78, 5) is 4.32. The van der Waals surface area contributed by atoms with E-state index < -0.39 is 0 Å². The molecular weight excluding hydrogens is 493 g/mol. The van der Waals surface area contributed by atoms with E-state index in [4.69, 9.17) is 14.2 Å². The highest BCUT2D eigenvalue weighted by atomic mass is 127. The maximum absolute atomic E-state index is 5.96. The van der Waals surface area contributed by atoms with Gasteiger partial charge in [-0.1, -0.05) is 24.3 Å². The Bertz CT molecular complexity index is 784. The van der Waals surface area contributed by atoms with Crippen LogP contribution in [-0.2, 0) is 17.8 Å². The predicted octanol–water partition coefficient (Wildman–Crippen LogP) is 4.29. The van der Waals surface area contributed by atoms with Gasteiger partial charge < -0.3 is 24.8 Å². The minimum atomic E-state index is 0. The summed E-state index contributed by atoms with van der Waals surface area (Å²) in [7, 11) is 3.47. The van der Waals surface area contributed by atoms with E-state index in [1.54, 1.807) is 14.2 Å². The Morgan fingerprint density at radius 1 is 1.00 bits per heavy atom. The van der Waals surface area contributed by atoms with Crippen molar-refractivity contribution in [2.24, 2.45) is 4.99 Å². The first-order valence-electron chi connectivity index (χ1n) is 10.0. The zero-order valence-corrected chi connectivity index (χ0v) is 20.7. The number of hydrogen-bond donors (Lipinski definition) is 2. The first-order valence-corrected chi connectivity index (χ1v) is 10.0. The van der Waals surface area contributed by atoms with Crippen molar-refractivity contribution in [2.75, 3.05) is 34.0 Å². The molecule has 0 aliphatic heterocycles. The van der Waals surface area contributed by atoms with Crippen LogP contribution < -0.4 is 20.1 Å². The van der Waals surface area contributed by atoms with Crippen LogP contribution in [0.15, 0.2) is 47.5 Å². The molecule has 6 nitrogen and oxygen atoms in total. The third-order valence-corrected chi connectivity index (χ3v) is 4.31. The smallest absolute Gasteiger partial charge is 0.191 e. The van der Waals surface area contributed by atoms with Crippen molar-refractivity contribution in [3.05, 3.63) is 59.2 Å². The number of aryl methyl sites for hydroxylation is 1. The van der Waals surface area contributed by atoms with Gasteiger partial charge in [-0.3, -0.25) is 4.99 Å². The second kappa shape index (κ2) is 14.9. The molecule has 2 N–H and O–H groups in total. The zero-order valence-electron chi connectivity index (χ0n) is 18.4. The molecule has 0 saturated carbocycles. The first kappa shape index (κ1) is 26.0. The highest BCUT2D eigenvalue weighted by Gasteiger charge is 2.06. The number of aliphatic imine (C=N–C) groups is 1. The Labute approximate surface area is 197 Å². The van der Waals surface area contributed by atoms with Crippen LogP contribution in [0, 0.1) is 6.92 Å². The molecule has 0 bridgehead atoms. The standard InChI is InChI=1S/C23H33N3O3.HI/c1-5-28-21-9-6-8-19(15-21)16-25-23(24-3)26-17-20-11-10-18(2)14-22(20)29-13-7-12-27-4;/h6,8-11,14-15H,5,7,12-13,16-17H2,1-4H3,(H2,24,25,26);1H. The van der Waals surface area contributed by atoms with Gasteiger partial charge in [0.1, 0.15) is 11.5 Å². The average molecular weight is 527 g/mol. The number of nitrogens with one attached hydrogen (secondary N) is 2. The number of methoxy groups -OCH3 is 1. The molecule has 0 aliphatic rings. The van der Waals surface area contributed by atoms with Crippen LogP contribution in [0.2, 0.25) is 0 Å². The third kappa shape index (κ3) is 9.21. The van der Waals surface area contributed by atoms with E-state index >= 15 is 0 Å². The Balaban J connectivity index is 0.00000450. The van der Waals surface area contributed by atoms with Crippen LogP contribution in [0.25, 0.3) is 0 Å². The first-order chi connectivity index (χ1) is 14.2. The molecule has 0 spiro atoms. The van der Waals surface area contributed by atoms with Gasteiger partial charge in [-0.25, -0.2) is 0 Å². The number of guanidine groups is 1. The van der Waals surface area contributed by atoms with E-state index in [1.165, 1.54) is 5.56 Å². The van der Waals surface area contributed by atoms with Crippen molar-refractivity contribution >= 4 is 29.9 Å². The topological polar surface area (TPSA) is 64.1 Å². The molecule has 166 valence electrons. The van der Waals surface area contributed by atoms with Gasteiger partial charge in [0.05, 0.1) is 13.2 Å². The average Bonchev–Trinajstić information content (AvgIpc) is 2.73. The van der Waals surface area contributed by atoms with Crippen LogP contribution in [0.3, 0.4) is 0 Å². The van der Waals surface area contributed by atoms with E-state index in [2.05, 4.69) is 46.8 Å². The van der Waals surface area contributed by atoms with Gasteiger partial charge in [0.2, 0.25) is 0 Å².